The standard InChI is InChI=1S/C22H24N4O3S/c1-17-8-9-21(18(2)14-17)30(28,29)25-12-10-24(11-13-25)22(27)19-15-23-26(16-19)20-6-4-3-5-7-20/h3-9,14-16H,10-13H2,1-2H3. The molecule has 0 aliphatic carbocycles. The molecule has 156 valence electrons. The predicted molar refractivity (Wildman–Crippen MR) is 114 cm³/mol. The fourth-order valence-corrected chi connectivity index (χ4v) is 5.33. The number of carbonyl (C=O) groups is 1. The number of carbonyl (C=O) groups excluding carboxylic acids is 1. The number of sulfonamides is 1. The number of piperazine rings is 1. The molecule has 1 amide bonds. The average Bonchev–Trinajstić information content (AvgIpc) is 3.24. The zero-order valence-corrected chi connectivity index (χ0v) is 17.8. The molecule has 0 N–H and O–H groups in total. The zero-order chi connectivity index (χ0) is 21.3. The van der Waals surface area contributed by atoms with Crippen LogP contribution in [0.15, 0.2) is 65.8 Å². The van der Waals surface area contributed by atoms with Crippen molar-refractivity contribution in [2.75, 3.05) is 26.2 Å². The van der Waals surface area contributed by atoms with E-state index in [0.29, 0.717) is 23.5 Å². The number of rotatable bonds is 4. The zero-order valence-electron chi connectivity index (χ0n) is 17.0. The average molecular weight is 425 g/mol. The summed E-state index contributed by atoms with van der Waals surface area (Å²) in [5, 5.41) is 4.28. The van der Waals surface area contributed by atoms with Crippen molar-refractivity contribution in [1.29, 1.82) is 0 Å². The number of nitrogens with zero attached hydrogens (tertiary/aromatic N) is 4. The summed E-state index contributed by atoms with van der Waals surface area (Å²) in [7, 11) is -3.58. The molecule has 8 heteroatoms. The van der Waals surface area contributed by atoms with Gasteiger partial charge in [-0.15, -0.1) is 0 Å². The molecule has 0 spiro atoms. The molecule has 1 fully saturated rings. The lowest BCUT2D eigenvalue weighted by atomic mass is 10.2. The third-order valence-corrected chi connectivity index (χ3v) is 7.38. The summed E-state index contributed by atoms with van der Waals surface area (Å²) in [5.41, 5.74) is 3.13. The fraction of sp³-hybridized carbons (Fsp3) is 0.273. The molecule has 30 heavy (non-hydrogen) atoms. The fourth-order valence-electron chi connectivity index (χ4n) is 3.70. The van der Waals surface area contributed by atoms with Gasteiger partial charge in [-0.05, 0) is 37.6 Å². The second-order valence-electron chi connectivity index (χ2n) is 7.47. The molecule has 1 aliphatic heterocycles. The Hall–Kier alpha value is -2.97. The van der Waals surface area contributed by atoms with Crippen LogP contribution in [-0.2, 0) is 10.0 Å². The molecule has 2 heterocycles. The van der Waals surface area contributed by atoms with E-state index in [4.69, 9.17) is 0 Å². The maximum Gasteiger partial charge on any atom is 0.257 e. The van der Waals surface area contributed by atoms with Crippen LogP contribution in [0.2, 0.25) is 0 Å². The first-order chi connectivity index (χ1) is 14.4. The molecule has 1 aliphatic rings. The predicted octanol–water partition coefficient (Wildman–Crippen LogP) is 2.64. The van der Waals surface area contributed by atoms with Crippen molar-refractivity contribution >= 4 is 15.9 Å². The molecule has 1 saturated heterocycles. The highest BCUT2D eigenvalue weighted by Crippen LogP contribution is 2.22. The summed E-state index contributed by atoms with van der Waals surface area (Å²) in [6.45, 7) is 4.99. The van der Waals surface area contributed by atoms with Crippen LogP contribution in [0.5, 0.6) is 0 Å². The van der Waals surface area contributed by atoms with Crippen LogP contribution in [0, 0.1) is 13.8 Å². The Morgan fingerprint density at radius 3 is 2.33 bits per heavy atom. The lowest BCUT2D eigenvalue weighted by Gasteiger charge is -2.34. The van der Waals surface area contributed by atoms with E-state index in [1.165, 1.54) is 4.31 Å². The molecule has 7 nitrogen and oxygen atoms in total. The molecule has 0 radical (unpaired) electrons. The van der Waals surface area contributed by atoms with Crippen molar-refractivity contribution in [3.05, 3.63) is 77.6 Å². The highest BCUT2D eigenvalue weighted by molar-refractivity contribution is 7.89. The Morgan fingerprint density at radius 1 is 0.967 bits per heavy atom. The Labute approximate surface area is 176 Å². The number of aryl methyl sites for hydroxylation is 2. The highest BCUT2D eigenvalue weighted by atomic mass is 32.2. The summed E-state index contributed by atoms with van der Waals surface area (Å²) >= 11 is 0. The largest absolute Gasteiger partial charge is 0.336 e. The molecule has 4 rings (SSSR count). The Bertz CT molecular complexity index is 1160. The first-order valence-electron chi connectivity index (χ1n) is 9.83. The minimum atomic E-state index is -3.58. The quantitative estimate of drug-likeness (QED) is 0.645. The lowest BCUT2D eigenvalue weighted by molar-refractivity contribution is 0.0698. The van der Waals surface area contributed by atoms with Gasteiger partial charge in [0.05, 0.1) is 22.3 Å². The van der Waals surface area contributed by atoms with Gasteiger partial charge in [-0.1, -0.05) is 35.9 Å². The van der Waals surface area contributed by atoms with Gasteiger partial charge in [0.15, 0.2) is 0 Å². The molecule has 2 aromatic carbocycles. The van der Waals surface area contributed by atoms with Gasteiger partial charge < -0.3 is 4.90 Å². The second kappa shape index (κ2) is 8.04. The maximum absolute atomic E-state index is 13.0. The lowest BCUT2D eigenvalue weighted by Crippen LogP contribution is -2.50. The van der Waals surface area contributed by atoms with Crippen LogP contribution in [-0.4, -0.2) is 59.5 Å². The SMILES string of the molecule is Cc1ccc(S(=O)(=O)N2CCN(C(=O)c3cnn(-c4ccccc4)c3)CC2)c(C)c1. The van der Waals surface area contributed by atoms with E-state index in [1.807, 2.05) is 56.3 Å². The Morgan fingerprint density at radius 2 is 1.67 bits per heavy atom. The summed E-state index contributed by atoms with van der Waals surface area (Å²) in [6, 6.07) is 14.9. The molecular weight excluding hydrogens is 400 g/mol. The highest BCUT2D eigenvalue weighted by Gasteiger charge is 2.31. The summed E-state index contributed by atoms with van der Waals surface area (Å²) < 4.78 is 29.2. The summed E-state index contributed by atoms with van der Waals surface area (Å²) in [5.74, 6) is -0.138. The minimum absolute atomic E-state index is 0.138. The smallest absolute Gasteiger partial charge is 0.257 e. The molecule has 1 aromatic heterocycles. The first-order valence-corrected chi connectivity index (χ1v) is 11.3. The van der Waals surface area contributed by atoms with Crippen molar-refractivity contribution in [2.45, 2.75) is 18.7 Å². The van der Waals surface area contributed by atoms with Gasteiger partial charge in [0.25, 0.3) is 5.91 Å². The van der Waals surface area contributed by atoms with E-state index in [-0.39, 0.29) is 19.0 Å². The Balaban J connectivity index is 1.44. The topological polar surface area (TPSA) is 75.5 Å². The molecule has 3 aromatic rings. The van der Waals surface area contributed by atoms with Crippen LogP contribution in [0.3, 0.4) is 0 Å². The molecule has 0 unspecified atom stereocenters. The third kappa shape index (κ3) is 3.88. The maximum atomic E-state index is 13.0. The number of amides is 1. The van der Waals surface area contributed by atoms with Crippen molar-refractivity contribution in [2.24, 2.45) is 0 Å². The van der Waals surface area contributed by atoms with Gasteiger partial charge in [0.1, 0.15) is 0 Å². The monoisotopic (exact) mass is 424 g/mol. The first kappa shape index (κ1) is 20.3. The van der Waals surface area contributed by atoms with Crippen molar-refractivity contribution in [3.8, 4) is 5.69 Å². The summed E-state index contributed by atoms with van der Waals surface area (Å²) in [4.78, 5) is 14.9. The van der Waals surface area contributed by atoms with E-state index >= 15 is 0 Å². The van der Waals surface area contributed by atoms with E-state index in [1.54, 1.807) is 28.0 Å². The molecule has 0 saturated carbocycles. The van der Waals surface area contributed by atoms with E-state index < -0.39 is 10.0 Å². The molecular formula is C22H24N4O3S. The van der Waals surface area contributed by atoms with Gasteiger partial charge in [-0.25, -0.2) is 13.1 Å². The van der Waals surface area contributed by atoms with Gasteiger partial charge in [0, 0.05) is 32.4 Å². The number of hydrogen-bond donors (Lipinski definition) is 0. The van der Waals surface area contributed by atoms with Gasteiger partial charge >= 0.3 is 0 Å². The van der Waals surface area contributed by atoms with Gasteiger partial charge in [-0.2, -0.15) is 9.40 Å². The number of hydrogen-bond acceptors (Lipinski definition) is 4. The van der Waals surface area contributed by atoms with Crippen molar-refractivity contribution in [3.63, 3.8) is 0 Å². The van der Waals surface area contributed by atoms with Crippen LogP contribution in [0.25, 0.3) is 5.69 Å². The second-order valence-corrected chi connectivity index (χ2v) is 9.38. The number of para-hydroxylation sites is 1. The van der Waals surface area contributed by atoms with Gasteiger partial charge in [0.2, 0.25) is 10.0 Å². The van der Waals surface area contributed by atoms with Crippen LogP contribution in [0.4, 0.5) is 0 Å². The minimum Gasteiger partial charge on any atom is -0.336 e. The number of benzene rings is 2. The van der Waals surface area contributed by atoms with Crippen LogP contribution >= 0.6 is 0 Å². The van der Waals surface area contributed by atoms with Crippen molar-refractivity contribution in [1.82, 2.24) is 19.0 Å². The van der Waals surface area contributed by atoms with E-state index in [0.717, 1.165) is 16.8 Å². The van der Waals surface area contributed by atoms with Crippen LogP contribution in [0.1, 0.15) is 21.5 Å². The van der Waals surface area contributed by atoms with E-state index in [2.05, 4.69) is 5.10 Å². The third-order valence-electron chi connectivity index (χ3n) is 5.32. The molecule has 0 bridgehead atoms. The van der Waals surface area contributed by atoms with Gasteiger partial charge in [-0.3, -0.25) is 4.79 Å². The van der Waals surface area contributed by atoms with E-state index in [9.17, 15) is 13.2 Å². The van der Waals surface area contributed by atoms with Crippen molar-refractivity contribution < 1.29 is 13.2 Å². The van der Waals surface area contributed by atoms with Crippen LogP contribution < -0.4 is 0 Å². The Kier molecular flexibility index (Phi) is 5.44. The number of aromatic nitrogens is 2. The molecule has 0 atom stereocenters. The summed E-state index contributed by atoms with van der Waals surface area (Å²) in [6.07, 6.45) is 3.25. The normalized spacial score (nSPS) is 15.3.